The number of nitrogens with zero attached hydrogens (tertiary/aromatic N) is 2. The molecule has 0 aliphatic rings. The van der Waals surface area contributed by atoms with Crippen molar-refractivity contribution in [3.05, 3.63) is 60.4 Å². The molecule has 0 bridgehead atoms. The second kappa shape index (κ2) is 4.37. The molecule has 1 N–H and O–H groups in total. The van der Waals surface area contributed by atoms with Crippen LogP contribution in [0.4, 0.5) is 0 Å². The van der Waals surface area contributed by atoms with Crippen LogP contribution >= 0.6 is 0 Å². The van der Waals surface area contributed by atoms with Crippen LogP contribution in [0.1, 0.15) is 16.2 Å². The van der Waals surface area contributed by atoms with Crippen molar-refractivity contribution in [3.63, 3.8) is 0 Å². The van der Waals surface area contributed by atoms with Crippen LogP contribution in [0.15, 0.2) is 53.4 Å². The maximum atomic E-state index is 12.1. The smallest absolute Gasteiger partial charge is 0.268 e. The summed E-state index contributed by atoms with van der Waals surface area (Å²) in [6, 6.07) is 9.02. The Kier molecular flexibility index (Phi) is 2.57. The summed E-state index contributed by atoms with van der Waals surface area (Å²) in [5.41, 5.74) is 1.30. The third-order valence-corrected chi connectivity index (χ3v) is 2.66. The van der Waals surface area contributed by atoms with Crippen LogP contribution in [0.5, 0.6) is 0 Å². The zero-order valence-corrected chi connectivity index (χ0v) is 9.54. The summed E-state index contributed by atoms with van der Waals surface area (Å²) < 4.78 is 6.91. The highest BCUT2D eigenvalue weighted by molar-refractivity contribution is 5.93. The normalized spacial score (nSPS) is 10.7. The predicted molar refractivity (Wildman–Crippen MR) is 65.1 cm³/mol. The number of hydrogen-bond donors (Lipinski definition) is 1. The maximum absolute atomic E-state index is 12.1. The Hall–Kier alpha value is -2.56. The zero-order valence-electron chi connectivity index (χ0n) is 9.54. The second-order valence-electron chi connectivity index (χ2n) is 3.83. The van der Waals surface area contributed by atoms with Crippen molar-refractivity contribution in [1.29, 1.82) is 0 Å². The summed E-state index contributed by atoms with van der Waals surface area (Å²) in [5.74, 6) is 0.566. The summed E-state index contributed by atoms with van der Waals surface area (Å²) in [4.78, 5) is 16.2. The first-order valence-electron chi connectivity index (χ1n) is 5.57. The quantitative estimate of drug-likeness (QED) is 0.761. The molecule has 0 aromatic carbocycles. The van der Waals surface area contributed by atoms with Gasteiger partial charge in [0.2, 0.25) is 0 Å². The number of furan rings is 1. The molecule has 0 saturated heterocycles. The van der Waals surface area contributed by atoms with Crippen molar-refractivity contribution < 1.29 is 9.21 Å². The van der Waals surface area contributed by atoms with Crippen molar-refractivity contribution in [1.82, 2.24) is 14.7 Å². The van der Waals surface area contributed by atoms with Gasteiger partial charge in [0.25, 0.3) is 5.91 Å². The number of fused-ring (bicyclic) bond motifs is 1. The third-order valence-electron chi connectivity index (χ3n) is 2.66. The molecule has 3 rings (SSSR count). The summed E-state index contributed by atoms with van der Waals surface area (Å²) in [5, 5.41) is 2.80. The molecular formula is C13H11N3O2. The van der Waals surface area contributed by atoms with E-state index in [1.54, 1.807) is 35.2 Å². The predicted octanol–water partition coefficient (Wildman–Crippen LogP) is 1.86. The highest BCUT2D eigenvalue weighted by atomic mass is 16.3. The van der Waals surface area contributed by atoms with Crippen LogP contribution in [0.25, 0.3) is 5.65 Å². The van der Waals surface area contributed by atoms with Crippen LogP contribution in [0, 0.1) is 0 Å². The van der Waals surface area contributed by atoms with Crippen molar-refractivity contribution in [2.75, 3.05) is 0 Å². The van der Waals surface area contributed by atoms with Gasteiger partial charge in [0, 0.05) is 12.4 Å². The molecule has 0 aliphatic heterocycles. The maximum Gasteiger partial charge on any atom is 0.268 e. The number of nitrogens with one attached hydrogen (secondary N) is 1. The number of pyridine rings is 1. The van der Waals surface area contributed by atoms with Gasteiger partial charge < -0.3 is 9.73 Å². The Bertz CT molecular complexity index is 670. The topological polar surface area (TPSA) is 59.5 Å². The molecule has 18 heavy (non-hydrogen) atoms. The van der Waals surface area contributed by atoms with E-state index in [0.717, 1.165) is 11.4 Å². The number of aromatic nitrogens is 2. The van der Waals surface area contributed by atoms with E-state index in [-0.39, 0.29) is 5.91 Å². The molecule has 5 nitrogen and oxygen atoms in total. The average molecular weight is 241 g/mol. The van der Waals surface area contributed by atoms with Gasteiger partial charge in [-0.1, -0.05) is 6.07 Å². The lowest BCUT2D eigenvalue weighted by Gasteiger charge is -2.05. The van der Waals surface area contributed by atoms with Crippen LogP contribution in [0.2, 0.25) is 0 Å². The minimum absolute atomic E-state index is 0.157. The fourth-order valence-electron chi connectivity index (χ4n) is 1.80. The van der Waals surface area contributed by atoms with E-state index in [1.807, 2.05) is 18.2 Å². The first-order chi connectivity index (χ1) is 8.84. The van der Waals surface area contributed by atoms with Gasteiger partial charge in [0.1, 0.15) is 17.1 Å². The van der Waals surface area contributed by atoms with E-state index >= 15 is 0 Å². The lowest BCUT2D eigenvalue weighted by molar-refractivity contribution is 0.0942. The minimum atomic E-state index is -0.157. The van der Waals surface area contributed by atoms with E-state index < -0.39 is 0 Å². The summed E-state index contributed by atoms with van der Waals surface area (Å²) >= 11 is 0. The van der Waals surface area contributed by atoms with Crippen LogP contribution in [-0.2, 0) is 6.54 Å². The molecule has 90 valence electrons. The molecular weight excluding hydrogens is 230 g/mol. The monoisotopic (exact) mass is 241 g/mol. The van der Waals surface area contributed by atoms with Gasteiger partial charge in [-0.3, -0.25) is 9.20 Å². The largest absolute Gasteiger partial charge is 0.467 e. The molecule has 0 unspecified atom stereocenters. The number of carbonyl (C=O) groups is 1. The average Bonchev–Trinajstić information content (AvgIpc) is 3.05. The lowest BCUT2D eigenvalue weighted by atomic mass is 10.3. The Morgan fingerprint density at radius 1 is 1.33 bits per heavy atom. The summed E-state index contributed by atoms with van der Waals surface area (Å²) in [6.07, 6.45) is 5.01. The molecule has 0 spiro atoms. The van der Waals surface area contributed by atoms with Gasteiger partial charge in [0.15, 0.2) is 0 Å². The van der Waals surface area contributed by atoms with Crippen molar-refractivity contribution in [3.8, 4) is 0 Å². The summed E-state index contributed by atoms with van der Waals surface area (Å²) in [7, 11) is 0. The van der Waals surface area contributed by atoms with E-state index in [1.165, 1.54) is 0 Å². The highest BCUT2D eigenvalue weighted by Gasteiger charge is 2.09. The molecule has 1 amide bonds. The van der Waals surface area contributed by atoms with E-state index in [9.17, 15) is 4.79 Å². The number of hydrogen-bond acceptors (Lipinski definition) is 3. The van der Waals surface area contributed by atoms with E-state index in [0.29, 0.717) is 12.2 Å². The lowest BCUT2D eigenvalue weighted by Crippen LogP contribution is -2.24. The Labute approximate surface area is 103 Å². The first-order valence-corrected chi connectivity index (χ1v) is 5.57. The first kappa shape index (κ1) is 10.6. The fourth-order valence-corrected chi connectivity index (χ4v) is 1.80. The molecule has 3 heterocycles. The zero-order chi connectivity index (χ0) is 12.4. The van der Waals surface area contributed by atoms with E-state index in [2.05, 4.69) is 10.3 Å². The molecule has 0 radical (unpaired) electrons. The molecule has 0 atom stereocenters. The van der Waals surface area contributed by atoms with Crippen molar-refractivity contribution in [2.45, 2.75) is 6.54 Å². The molecule has 3 aromatic rings. The van der Waals surface area contributed by atoms with E-state index in [4.69, 9.17) is 4.42 Å². The Morgan fingerprint density at radius 2 is 2.28 bits per heavy atom. The van der Waals surface area contributed by atoms with Crippen LogP contribution < -0.4 is 5.32 Å². The standard InChI is InChI=1S/C13H11N3O2/c17-13(15-9-10-3-2-8-18-10)11-4-1-5-12-14-6-7-16(11)12/h1-8H,9H2,(H,15,17). The minimum Gasteiger partial charge on any atom is -0.467 e. The number of amides is 1. The number of carbonyl (C=O) groups excluding carboxylic acids is 1. The number of rotatable bonds is 3. The molecule has 0 saturated carbocycles. The van der Waals surface area contributed by atoms with Crippen molar-refractivity contribution >= 4 is 11.6 Å². The fraction of sp³-hybridized carbons (Fsp3) is 0.0769. The van der Waals surface area contributed by atoms with Gasteiger partial charge in [0.05, 0.1) is 12.8 Å². The number of imidazole rings is 1. The SMILES string of the molecule is O=C(NCc1ccco1)c1cccc2nccn12. The van der Waals surface area contributed by atoms with Gasteiger partial charge >= 0.3 is 0 Å². The molecule has 3 aromatic heterocycles. The van der Waals surface area contributed by atoms with Gasteiger partial charge in [-0.15, -0.1) is 0 Å². The van der Waals surface area contributed by atoms with Gasteiger partial charge in [-0.2, -0.15) is 0 Å². The third kappa shape index (κ3) is 1.86. The molecule has 0 fully saturated rings. The van der Waals surface area contributed by atoms with Gasteiger partial charge in [-0.05, 0) is 24.3 Å². The summed E-state index contributed by atoms with van der Waals surface area (Å²) in [6.45, 7) is 0.372. The van der Waals surface area contributed by atoms with Gasteiger partial charge in [-0.25, -0.2) is 4.98 Å². The second-order valence-corrected chi connectivity index (χ2v) is 3.83. The van der Waals surface area contributed by atoms with Crippen molar-refractivity contribution in [2.24, 2.45) is 0 Å². The van der Waals surface area contributed by atoms with Crippen LogP contribution in [-0.4, -0.2) is 15.3 Å². The molecule has 0 aliphatic carbocycles. The molecule has 5 heteroatoms. The Balaban J connectivity index is 1.81. The van der Waals surface area contributed by atoms with Crippen LogP contribution in [0.3, 0.4) is 0 Å². The Morgan fingerprint density at radius 3 is 3.11 bits per heavy atom. The highest BCUT2D eigenvalue weighted by Crippen LogP contribution is 2.06.